The third-order valence-corrected chi connectivity index (χ3v) is 7.54. The summed E-state index contributed by atoms with van der Waals surface area (Å²) in [5.74, 6) is -0.399. The van der Waals surface area contributed by atoms with Crippen LogP contribution in [0.15, 0.2) is 60.9 Å². The first-order chi connectivity index (χ1) is 19.2. The van der Waals surface area contributed by atoms with Gasteiger partial charge in [0.2, 0.25) is 0 Å². The van der Waals surface area contributed by atoms with Gasteiger partial charge in [-0.3, -0.25) is 19.5 Å². The summed E-state index contributed by atoms with van der Waals surface area (Å²) in [6.45, 7) is 2.95. The van der Waals surface area contributed by atoms with Gasteiger partial charge >= 0.3 is 6.18 Å². The lowest BCUT2D eigenvalue weighted by atomic mass is 9.96. The van der Waals surface area contributed by atoms with E-state index < -0.39 is 12.6 Å². The molecule has 7 nitrogen and oxygen atoms in total. The minimum Gasteiger partial charge on any atom is -0.367 e. The lowest BCUT2D eigenvalue weighted by Gasteiger charge is -2.37. The van der Waals surface area contributed by atoms with Crippen molar-refractivity contribution in [2.45, 2.75) is 25.6 Å². The lowest BCUT2D eigenvalue weighted by Crippen LogP contribution is -2.47. The summed E-state index contributed by atoms with van der Waals surface area (Å²) in [6, 6.07) is 14.2. The fourth-order valence-corrected chi connectivity index (χ4v) is 5.27. The van der Waals surface area contributed by atoms with Crippen LogP contribution < -0.4 is 10.2 Å². The summed E-state index contributed by atoms with van der Waals surface area (Å²) in [5, 5.41) is 3.48. The van der Waals surface area contributed by atoms with E-state index in [1.165, 1.54) is 0 Å². The molecule has 2 aromatic carbocycles. The molecule has 2 aliphatic rings. The first kappa shape index (κ1) is 27.9. The van der Waals surface area contributed by atoms with Crippen molar-refractivity contribution < 1.29 is 22.8 Å². The second kappa shape index (κ2) is 11.9. The van der Waals surface area contributed by atoms with Crippen molar-refractivity contribution in [2.24, 2.45) is 0 Å². The number of amides is 2. The molecule has 3 heterocycles. The Morgan fingerprint density at radius 2 is 1.75 bits per heavy atom. The van der Waals surface area contributed by atoms with Crippen LogP contribution in [0.25, 0.3) is 0 Å². The van der Waals surface area contributed by atoms with Crippen LogP contribution in [0.3, 0.4) is 0 Å². The number of hydrogen-bond acceptors (Lipinski definition) is 5. The number of alkyl halides is 3. The molecular weight excluding hydrogens is 543 g/mol. The van der Waals surface area contributed by atoms with Crippen molar-refractivity contribution in [1.29, 1.82) is 0 Å². The molecule has 2 aliphatic heterocycles. The number of halogens is 4. The van der Waals surface area contributed by atoms with Gasteiger partial charge in [0.15, 0.2) is 0 Å². The van der Waals surface area contributed by atoms with Crippen LogP contribution in [0, 0.1) is 0 Å². The molecular formula is C29H29ClF3N5O2. The summed E-state index contributed by atoms with van der Waals surface area (Å²) in [6.07, 6.45) is -1.14. The molecule has 210 valence electrons. The van der Waals surface area contributed by atoms with E-state index in [0.717, 1.165) is 16.8 Å². The predicted molar refractivity (Wildman–Crippen MR) is 148 cm³/mol. The predicted octanol–water partition coefficient (Wildman–Crippen LogP) is 5.26. The van der Waals surface area contributed by atoms with Crippen molar-refractivity contribution in [1.82, 2.24) is 14.8 Å². The topological polar surface area (TPSA) is 68.8 Å². The molecule has 0 bridgehead atoms. The molecule has 40 heavy (non-hydrogen) atoms. The second-order valence-electron chi connectivity index (χ2n) is 10.0. The maximum Gasteiger partial charge on any atom is 0.390 e. The number of pyridine rings is 1. The molecule has 11 heteroatoms. The molecule has 0 spiro atoms. The molecule has 3 aromatic rings. The van der Waals surface area contributed by atoms with Crippen molar-refractivity contribution >= 4 is 34.8 Å². The molecule has 1 saturated heterocycles. The number of fused-ring (bicyclic) bond motifs is 1. The van der Waals surface area contributed by atoms with Gasteiger partial charge in [0.25, 0.3) is 11.8 Å². The number of piperazine rings is 1. The van der Waals surface area contributed by atoms with E-state index in [1.807, 2.05) is 17.0 Å². The van der Waals surface area contributed by atoms with E-state index in [0.29, 0.717) is 67.5 Å². The SMILES string of the molecule is O=C(Nc1ccc(Cl)cc1N1CCN(CCC(F)(F)F)CC1)c1ccc2c(c1)CN(C(=O)c1cccnc1)CC2. The van der Waals surface area contributed by atoms with Gasteiger partial charge in [0.05, 0.1) is 23.4 Å². The summed E-state index contributed by atoms with van der Waals surface area (Å²) in [4.78, 5) is 35.9. The number of carbonyl (C=O) groups excluding carboxylic acids is 2. The molecule has 0 atom stereocenters. The third kappa shape index (κ3) is 6.74. The van der Waals surface area contributed by atoms with Crippen LogP contribution in [0.2, 0.25) is 5.02 Å². The first-order valence-corrected chi connectivity index (χ1v) is 13.5. The Morgan fingerprint density at radius 1 is 0.950 bits per heavy atom. The highest BCUT2D eigenvalue weighted by Crippen LogP contribution is 2.31. The normalized spacial score (nSPS) is 16.0. The highest BCUT2D eigenvalue weighted by molar-refractivity contribution is 6.31. The van der Waals surface area contributed by atoms with E-state index in [2.05, 4.69) is 10.3 Å². The van der Waals surface area contributed by atoms with E-state index in [9.17, 15) is 22.8 Å². The number of carbonyl (C=O) groups is 2. The number of aromatic nitrogens is 1. The van der Waals surface area contributed by atoms with Crippen molar-refractivity contribution in [2.75, 3.05) is 49.5 Å². The summed E-state index contributed by atoms with van der Waals surface area (Å²) < 4.78 is 37.9. The zero-order chi connectivity index (χ0) is 28.3. The molecule has 0 saturated carbocycles. The summed E-state index contributed by atoms with van der Waals surface area (Å²) in [7, 11) is 0. The first-order valence-electron chi connectivity index (χ1n) is 13.1. The quantitative estimate of drug-likeness (QED) is 0.437. The number of nitrogens with zero attached hydrogens (tertiary/aromatic N) is 4. The van der Waals surface area contributed by atoms with Gasteiger partial charge in [-0.2, -0.15) is 13.2 Å². The van der Waals surface area contributed by atoms with Gasteiger partial charge < -0.3 is 15.1 Å². The van der Waals surface area contributed by atoms with Gasteiger partial charge in [0.1, 0.15) is 0 Å². The van der Waals surface area contributed by atoms with Crippen LogP contribution in [-0.4, -0.2) is 72.0 Å². The molecule has 0 unspecified atom stereocenters. The minimum absolute atomic E-state index is 0.0277. The number of nitrogens with one attached hydrogen (secondary N) is 1. The molecule has 5 rings (SSSR count). The molecule has 1 aromatic heterocycles. The molecule has 1 fully saturated rings. The zero-order valence-electron chi connectivity index (χ0n) is 21.8. The van der Waals surface area contributed by atoms with Gasteiger partial charge in [-0.05, 0) is 60.0 Å². The fourth-order valence-electron chi connectivity index (χ4n) is 5.11. The Hall–Kier alpha value is -3.63. The van der Waals surface area contributed by atoms with Gasteiger partial charge in [-0.15, -0.1) is 0 Å². The smallest absolute Gasteiger partial charge is 0.367 e. The Bertz CT molecular complexity index is 1380. The number of anilines is 2. The molecule has 0 radical (unpaired) electrons. The van der Waals surface area contributed by atoms with Gasteiger partial charge in [0, 0.05) is 68.8 Å². The average molecular weight is 572 g/mol. The lowest BCUT2D eigenvalue weighted by molar-refractivity contribution is -0.138. The van der Waals surface area contributed by atoms with Crippen LogP contribution in [0.5, 0.6) is 0 Å². The van der Waals surface area contributed by atoms with Gasteiger partial charge in [-0.1, -0.05) is 17.7 Å². The van der Waals surface area contributed by atoms with E-state index in [4.69, 9.17) is 11.6 Å². The van der Waals surface area contributed by atoms with E-state index >= 15 is 0 Å². The fraction of sp³-hybridized carbons (Fsp3) is 0.345. The maximum atomic E-state index is 13.3. The van der Waals surface area contributed by atoms with E-state index in [-0.39, 0.29) is 18.4 Å². The standard InChI is InChI=1S/C29H29ClF3N5O2/c30-24-5-6-25(26(17-24)37-14-12-36(13-15-37)11-8-29(31,32)33)35-27(39)21-4-3-20-7-10-38(19-23(20)16-21)28(40)22-2-1-9-34-18-22/h1-6,9,16-18H,7-8,10-15,19H2,(H,35,39). The van der Waals surface area contributed by atoms with Crippen molar-refractivity contribution in [3.63, 3.8) is 0 Å². The monoisotopic (exact) mass is 571 g/mol. The second-order valence-corrected chi connectivity index (χ2v) is 10.4. The van der Waals surface area contributed by atoms with Crippen LogP contribution in [0.4, 0.5) is 24.5 Å². The van der Waals surface area contributed by atoms with E-state index in [1.54, 1.807) is 58.6 Å². The largest absolute Gasteiger partial charge is 0.390 e. The van der Waals surface area contributed by atoms with Crippen LogP contribution in [-0.2, 0) is 13.0 Å². The number of hydrogen-bond donors (Lipinski definition) is 1. The zero-order valence-corrected chi connectivity index (χ0v) is 22.5. The number of rotatable bonds is 6. The molecule has 1 N–H and O–H groups in total. The summed E-state index contributed by atoms with van der Waals surface area (Å²) in [5.41, 5.74) is 4.31. The van der Waals surface area contributed by atoms with Crippen molar-refractivity contribution in [3.05, 3.63) is 88.2 Å². The molecule has 2 amide bonds. The molecule has 0 aliphatic carbocycles. The Kier molecular flexibility index (Phi) is 8.27. The summed E-state index contributed by atoms with van der Waals surface area (Å²) >= 11 is 6.27. The Balaban J connectivity index is 1.26. The van der Waals surface area contributed by atoms with Crippen molar-refractivity contribution in [3.8, 4) is 0 Å². The highest BCUT2D eigenvalue weighted by atomic mass is 35.5. The maximum absolute atomic E-state index is 13.3. The third-order valence-electron chi connectivity index (χ3n) is 7.31. The van der Waals surface area contributed by atoms with Crippen LogP contribution in [0.1, 0.15) is 38.3 Å². The highest BCUT2D eigenvalue weighted by Gasteiger charge is 2.29. The van der Waals surface area contributed by atoms with Crippen LogP contribution >= 0.6 is 11.6 Å². The minimum atomic E-state index is -4.18. The average Bonchev–Trinajstić information content (AvgIpc) is 2.96. The Labute approximate surface area is 235 Å². The number of benzene rings is 2. The van der Waals surface area contributed by atoms with Gasteiger partial charge in [-0.25, -0.2) is 0 Å². The Morgan fingerprint density at radius 3 is 2.48 bits per heavy atom.